The lowest BCUT2D eigenvalue weighted by Crippen LogP contribution is -2.07. The van der Waals surface area contributed by atoms with E-state index in [0.29, 0.717) is 22.0 Å². The molecule has 0 amide bonds. The molecule has 2 aromatic carbocycles. The Morgan fingerprint density at radius 1 is 1.30 bits per heavy atom. The zero-order valence-electron chi connectivity index (χ0n) is 10.6. The quantitative estimate of drug-likeness (QED) is 0.639. The molecule has 0 aliphatic heterocycles. The van der Waals surface area contributed by atoms with Crippen LogP contribution < -0.4 is 11.1 Å². The van der Waals surface area contributed by atoms with E-state index in [-0.39, 0.29) is 0 Å². The molecule has 2 aromatic rings. The number of carbonyl (C=O) groups excluding carboxylic acids is 1. The van der Waals surface area contributed by atoms with Crippen molar-refractivity contribution in [3.8, 4) is 0 Å². The van der Waals surface area contributed by atoms with Crippen LogP contribution in [0.3, 0.4) is 0 Å². The molecule has 0 atom stereocenters. The van der Waals surface area contributed by atoms with E-state index in [9.17, 15) is 4.79 Å². The zero-order valence-corrected chi connectivity index (χ0v) is 13.0. The van der Waals surface area contributed by atoms with Crippen LogP contribution in [-0.2, 0) is 4.74 Å². The van der Waals surface area contributed by atoms with Crippen LogP contribution in [0, 0.1) is 0 Å². The Morgan fingerprint density at radius 3 is 2.70 bits per heavy atom. The Hall–Kier alpha value is -1.72. The van der Waals surface area contributed by atoms with Crippen molar-refractivity contribution in [1.29, 1.82) is 0 Å². The highest BCUT2D eigenvalue weighted by Gasteiger charge is 2.13. The lowest BCUT2D eigenvalue weighted by atomic mass is 10.1. The first-order chi connectivity index (χ1) is 9.52. The molecule has 0 aromatic heterocycles. The van der Waals surface area contributed by atoms with Crippen molar-refractivity contribution in [1.82, 2.24) is 0 Å². The number of benzene rings is 2. The van der Waals surface area contributed by atoms with E-state index in [1.54, 1.807) is 30.3 Å². The number of nitrogens with two attached hydrogens (primary N) is 1. The predicted octanol–water partition coefficient (Wildman–Crippen LogP) is 4.21. The molecular weight excluding hydrogens is 344 g/mol. The SMILES string of the molecule is COC(=O)c1cccc(Nc2ccc(Cl)cc2Br)c1N. The Bertz CT molecular complexity index is 662. The van der Waals surface area contributed by atoms with Crippen molar-refractivity contribution in [2.24, 2.45) is 0 Å². The second-order valence-electron chi connectivity index (χ2n) is 4.01. The number of halogens is 2. The third-order valence-corrected chi connectivity index (χ3v) is 3.60. The Morgan fingerprint density at radius 2 is 2.05 bits per heavy atom. The summed E-state index contributed by atoms with van der Waals surface area (Å²) < 4.78 is 5.49. The maximum atomic E-state index is 11.6. The van der Waals surface area contributed by atoms with Gasteiger partial charge in [0, 0.05) is 9.50 Å². The molecule has 4 nitrogen and oxygen atoms in total. The summed E-state index contributed by atoms with van der Waals surface area (Å²) in [5, 5.41) is 3.77. The van der Waals surface area contributed by atoms with Gasteiger partial charge in [0.05, 0.1) is 29.7 Å². The second-order valence-corrected chi connectivity index (χ2v) is 5.30. The average Bonchev–Trinajstić information content (AvgIpc) is 2.43. The minimum atomic E-state index is -0.471. The van der Waals surface area contributed by atoms with Gasteiger partial charge in [0.25, 0.3) is 0 Å². The van der Waals surface area contributed by atoms with Gasteiger partial charge in [0.1, 0.15) is 0 Å². The predicted molar refractivity (Wildman–Crippen MR) is 84.6 cm³/mol. The van der Waals surface area contributed by atoms with Crippen LogP contribution in [0.2, 0.25) is 5.02 Å². The largest absolute Gasteiger partial charge is 0.465 e. The maximum Gasteiger partial charge on any atom is 0.340 e. The molecule has 0 spiro atoms. The third-order valence-electron chi connectivity index (χ3n) is 2.71. The highest BCUT2D eigenvalue weighted by Crippen LogP contribution is 2.32. The standard InChI is InChI=1S/C14H12BrClN2O2/c1-20-14(19)9-3-2-4-12(13(9)17)18-11-6-5-8(16)7-10(11)15/h2-7,18H,17H2,1H3. The van der Waals surface area contributed by atoms with Gasteiger partial charge >= 0.3 is 5.97 Å². The van der Waals surface area contributed by atoms with Gasteiger partial charge in [-0.05, 0) is 46.3 Å². The molecule has 20 heavy (non-hydrogen) atoms. The van der Waals surface area contributed by atoms with Gasteiger partial charge in [-0.3, -0.25) is 0 Å². The van der Waals surface area contributed by atoms with E-state index in [1.165, 1.54) is 7.11 Å². The molecule has 6 heteroatoms. The molecule has 2 rings (SSSR count). The Balaban J connectivity index is 2.37. The number of hydrogen-bond acceptors (Lipinski definition) is 4. The van der Waals surface area contributed by atoms with E-state index in [2.05, 4.69) is 26.0 Å². The third kappa shape index (κ3) is 3.05. The van der Waals surface area contributed by atoms with Gasteiger partial charge < -0.3 is 15.8 Å². The molecule has 0 saturated carbocycles. The van der Waals surface area contributed by atoms with Crippen molar-refractivity contribution in [3.63, 3.8) is 0 Å². The number of para-hydroxylation sites is 1. The van der Waals surface area contributed by atoms with Crippen molar-refractivity contribution in [3.05, 3.63) is 51.5 Å². The van der Waals surface area contributed by atoms with Crippen LogP contribution >= 0.6 is 27.5 Å². The monoisotopic (exact) mass is 354 g/mol. The Kier molecular flexibility index (Phi) is 4.52. The number of nitrogen functional groups attached to an aromatic ring is 1. The minimum Gasteiger partial charge on any atom is -0.465 e. The topological polar surface area (TPSA) is 64.3 Å². The first-order valence-electron chi connectivity index (χ1n) is 5.72. The molecule has 0 unspecified atom stereocenters. The van der Waals surface area contributed by atoms with Crippen LogP contribution in [0.4, 0.5) is 17.1 Å². The molecule has 0 radical (unpaired) electrons. The lowest BCUT2D eigenvalue weighted by Gasteiger charge is -2.13. The number of esters is 1. The van der Waals surface area contributed by atoms with Crippen molar-refractivity contribution in [2.75, 3.05) is 18.2 Å². The van der Waals surface area contributed by atoms with Crippen LogP contribution in [0.15, 0.2) is 40.9 Å². The number of methoxy groups -OCH3 is 1. The number of ether oxygens (including phenoxy) is 1. The highest BCUT2D eigenvalue weighted by atomic mass is 79.9. The lowest BCUT2D eigenvalue weighted by molar-refractivity contribution is 0.0602. The van der Waals surface area contributed by atoms with Crippen LogP contribution in [-0.4, -0.2) is 13.1 Å². The van der Waals surface area contributed by atoms with Gasteiger partial charge in [-0.2, -0.15) is 0 Å². The molecule has 0 heterocycles. The number of carbonyl (C=O) groups is 1. The summed E-state index contributed by atoms with van der Waals surface area (Å²) in [6.07, 6.45) is 0. The Labute approximate surface area is 130 Å². The summed E-state index contributed by atoms with van der Waals surface area (Å²) in [4.78, 5) is 11.6. The molecule has 0 aliphatic carbocycles. The van der Waals surface area contributed by atoms with Gasteiger partial charge in [0.2, 0.25) is 0 Å². The molecule has 3 N–H and O–H groups in total. The normalized spacial score (nSPS) is 10.2. The fraction of sp³-hybridized carbons (Fsp3) is 0.0714. The van der Waals surface area contributed by atoms with Crippen LogP contribution in [0.1, 0.15) is 10.4 Å². The summed E-state index contributed by atoms with van der Waals surface area (Å²) >= 11 is 9.30. The van der Waals surface area contributed by atoms with E-state index >= 15 is 0 Å². The van der Waals surface area contributed by atoms with Crippen molar-refractivity contribution < 1.29 is 9.53 Å². The second kappa shape index (κ2) is 6.15. The van der Waals surface area contributed by atoms with Crippen LogP contribution in [0.25, 0.3) is 0 Å². The number of anilines is 3. The maximum absolute atomic E-state index is 11.6. The summed E-state index contributed by atoms with van der Waals surface area (Å²) in [5.74, 6) is -0.471. The van der Waals surface area contributed by atoms with Crippen LogP contribution in [0.5, 0.6) is 0 Å². The fourth-order valence-electron chi connectivity index (χ4n) is 1.70. The average molecular weight is 356 g/mol. The summed E-state index contributed by atoms with van der Waals surface area (Å²) in [6, 6.07) is 10.5. The molecule has 0 bridgehead atoms. The first-order valence-corrected chi connectivity index (χ1v) is 6.89. The van der Waals surface area contributed by atoms with Gasteiger partial charge in [-0.25, -0.2) is 4.79 Å². The number of hydrogen-bond donors (Lipinski definition) is 2. The number of nitrogens with one attached hydrogen (secondary N) is 1. The highest BCUT2D eigenvalue weighted by molar-refractivity contribution is 9.10. The zero-order chi connectivity index (χ0) is 14.7. The first kappa shape index (κ1) is 14.7. The van der Waals surface area contributed by atoms with Crippen molar-refractivity contribution in [2.45, 2.75) is 0 Å². The molecular formula is C14H12BrClN2O2. The van der Waals surface area contributed by atoms with E-state index < -0.39 is 5.97 Å². The smallest absolute Gasteiger partial charge is 0.340 e. The van der Waals surface area contributed by atoms with E-state index in [1.807, 2.05) is 6.07 Å². The number of rotatable bonds is 3. The minimum absolute atomic E-state index is 0.322. The molecule has 0 fully saturated rings. The van der Waals surface area contributed by atoms with Gasteiger partial charge in [-0.1, -0.05) is 17.7 Å². The summed E-state index contributed by atoms with van der Waals surface area (Å²) in [5.41, 5.74) is 8.05. The fourth-order valence-corrected chi connectivity index (χ4v) is 2.48. The summed E-state index contributed by atoms with van der Waals surface area (Å²) in [7, 11) is 1.32. The van der Waals surface area contributed by atoms with E-state index in [0.717, 1.165) is 10.2 Å². The summed E-state index contributed by atoms with van der Waals surface area (Å²) in [6.45, 7) is 0. The van der Waals surface area contributed by atoms with Gasteiger partial charge in [-0.15, -0.1) is 0 Å². The molecule has 0 aliphatic rings. The molecule has 0 saturated heterocycles. The van der Waals surface area contributed by atoms with Gasteiger partial charge in [0.15, 0.2) is 0 Å². The molecule has 104 valence electrons. The van der Waals surface area contributed by atoms with Crippen molar-refractivity contribution >= 4 is 50.6 Å². The van der Waals surface area contributed by atoms with E-state index in [4.69, 9.17) is 17.3 Å².